The van der Waals surface area contributed by atoms with Gasteiger partial charge in [-0.3, -0.25) is 0 Å². The summed E-state index contributed by atoms with van der Waals surface area (Å²) in [5.74, 6) is 0. The maximum atomic E-state index is 6.19. The monoisotopic (exact) mass is 227 g/mol. The molecule has 1 rings (SSSR count). The number of rotatable bonds is 6. The zero-order valence-corrected chi connectivity index (χ0v) is 10.7. The summed E-state index contributed by atoms with van der Waals surface area (Å²) in [7, 11) is 0. The van der Waals surface area contributed by atoms with Gasteiger partial charge in [-0.05, 0) is 19.8 Å². The maximum Gasteiger partial charge on any atom is 0.0897 e. The van der Waals surface area contributed by atoms with Gasteiger partial charge >= 0.3 is 0 Å². The van der Waals surface area contributed by atoms with E-state index in [9.17, 15) is 0 Å². The molecule has 15 heavy (non-hydrogen) atoms. The highest BCUT2D eigenvalue weighted by Gasteiger charge is 2.19. The molecule has 3 N–H and O–H groups in total. The molecule has 0 spiro atoms. The number of nitrogens with zero attached hydrogens (tertiary/aromatic N) is 1. The van der Waals surface area contributed by atoms with Crippen molar-refractivity contribution in [2.24, 2.45) is 5.73 Å². The normalized spacial score (nSPS) is 12.0. The highest BCUT2D eigenvalue weighted by Crippen LogP contribution is 2.13. The van der Waals surface area contributed by atoms with E-state index in [0.29, 0.717) is 0 Å². The fourth-order valence-corrected chi connectivity index (χ4v) is 2.19. The molecule has 0 aliphatic rings. The molecular formula is C11H21N3S. The van der Waals surface area contributed by atoms with Crippen LogP contribution < -0.4 is 11.1 Å². The third-order valence-electron chi connectivity index (χ3n) is 2.85. The second-order valence-electron chi connectivity index (χ2n) is 4.02. The molecule has 0 aliphatic heterocycles. The average Bonchev–Trinajstić information content (AvgIpc) is 2.64. The summed E-state index contributed by atoms with van der Waals surface area (Å²) in [5, 5.41) is 4.52. The summed E-state index contributed by atoms with van der Waals surface area (Å²) in [5.41, 5.74) is 6.14. The molecule has 0 unspecified atom stereocenters. The van der Waals surface area contributed by atoms with E-state index < -0.39 is 0 Å². The Balaban J connectivity index is 2.32. The molecule has 0 bridgehead atoms. The van der Waals surface area contributed by atoms with Crippen LogP contribution in [-0.4, -0.2) is 17.1 Å². The molecule has 1 aromatic rings. The molecule has 0 saturated heterocycles. The Morgan fingerprint density at radius 1 is 1.47 bits per heavy atom. The molecule has 0 atom stereocenters. The third kappa shape index (κ3) is 3.89. The Bertz CT molecular complexity index is 292. The highest BCUT2D eigenvalue weighted by atomic mass is 32.1. The molecule has 1 aromatic heterocycles. The molecule has 3 nitrogen and oxygen atoms in total. The lowest BCUT2D eigenvalue weighted by molar-refractivity contribution is 0.370. The lowest BCUT2D eigenvalue weighted by Crippen LogP contribution is -2.47. The minimum absolute atomic E-state index is 0.0558. The number of nitrogens with one attached hydrogen (secondary N) is 1. The van der Waals surface area contributed by atoms with Gasteiger partial charge in [0.2, 0.25) is 0 Å². The Kier molecular flexibility index (Phi) is 4.70. The van der Waals surface area contributed by atoms with E-state index in [1.807, 2.05) is 13.1 Å². The molecule has 0 saturated carbocycles. The number of nitrogens with two attached hydrogens (primary N) is 1. The number of thiazole rings is 1. The average molecular weight is 227 g/mol. The summed E-state index contributed by atoms with van der Waals surface area (Å²) < 4.78 is 0. The van der Waals surface area contributed by atoms with E-state index in [-0.39, 0.29) is 5.54 Å². The first-order valence-electron chi connectivity index (χ1n) is 5.50. The topological polar surface area (TPSA) is 50.9 Å². The number of hydrogen-bond donors (Lipinski definition) is 2. The molecular weight excluding hydrogens is 206 g/mol. The summed E-state index contributed by atoms with van der Waals surface area (Å²) in [4.78, 5) is 5.50. The van der Waals surface area contributed by atoms with Crippen molar-refractivity contribution in [1.29, 1.82) is 0 Å². The smallest absolute Gasteiger partial charge is 0.0897 e. The van der Waals surface area contributed by atoms with Crippen molar-refractivity contribution in [3.63, 3.8) is 0 Å². The van der Waals surface area contributed by atoms with E-state index in [1.165, 1.54) is 4.88 Å². The van der Waals surface area contributed by atoms with Gasteiger partial charge in [-0.15, -0.1) is 11.3 Å². The zero-order valence-electron chi connectivity index (χ0n) is 9.84. The molecule has 0 aromatic carbocycles. The Morgan fingerprint density at radius 2 is 2.13 bits per heavy atom. The molecule has 4 heteroatoms. The van der Waals surface area contributed by atoms with Crippen molar-refractivity contribution < 1.29 is 0 Å². The standard InChI is InChI=1S/C11H21N3S/c1-4-11(12,5-2)8-13-6-10-7-14-9(3)15-10/h7,13H,4-6,8,12H2,1-3H3. The van der Waals surface area contributed by atoms with Crippen molar-refractivity contribution in [1.82, 2.24) is 10.3 Å². The van der Waals surface area contributed by atoms with E-state index in [2.05, 4.69) is 24.1 Å². The predicted octanol–water partition coefficient (Wildman–Crippen LogP) is 2.06. The Labute approximate surface area is 96.1 Å². The van der Waals surface area contributed by atoms with Crippen LogP contribution in [-0.2, 0) is 6.54 Å². The minimum atomic E-state index is -0.0558. The molecule has 0 fully saturated rings. The number of aryl methyl sites for hydroxylation is 1. The van der Waals surface area contributed by atoms with Gasteiger partial charge in [0.1, 0.15) is 0 Å². The first-order chi connectivity index (χ1) is 7.09. The highest BCUT2D eigenvalue weighted by molar-refractivity contribution is 7.11. The first-order valence-corrected chi connectivity index (χ1v) is 6.32. The third-order valence-corrected chi connectivity index (χ3v) is 3.77. The fourth-order valence-electron chi connectivity index (χ4n) is 1.42. The van der Waals surface area contributed by atoms with E-state index >= 15 is 0 Å². The Morgan fingerprint density at radius 3 is 2.60 bits per heavy atom. The van der Waals surface area contributed by atoms with Gasteiger partial charge in [-0.2, -0.15) is 0 Å². The minimum Gasteiger partial charge on any atom is -0.324 e. The molecule has 86 valence electrons. The van der Waals surface area contributed by atoms with Crippen LogP contribution in [0.3, 0.4) is 0 Å². The number of aromatic nitrogens is 1. The van der Waals surface area contributed by atoms with E-state index in [1.54, 1.807) is 11.3 Å². The Hall–Kier alpha value is -0.450. The predicted molar refractivity (Wildman–Crippen MR) is 66.1 cm³/mol. The largest absolute Gasteiger partial charge is 0.324 e. The van der Waals surface area contributed by atoms with Crippen LogP contribution >= 0.6 is 11.3 Å². The van der Waals surface area contributed by atoms with Gasteiger partial charge in [0, 0.05) is 29.7 Å². The van der Waals surface area contributed by atoms with Crippen molar-refractivity contribution in [3.05, 3.63) is 16.1 Å². The number of hydrogen-bond acceptors (Lipinski definition) is 4. The summed E-state index contributed by atoms with van der Waals surface area (Å²) in [6.07, 6.45) is 3.96. The summed E-state index contributed by atoms with van der Waals surface area (Å²) in [6.45, 7) is 8.06. The van der Waals surface area contributed by atoms with Crippen LogP contribution in [0.1, 0.15) is 36.6 Å². The first kappa shape index (κ1) is 12.6. The van der Waals surface area contributed by atoms with Gasteiger partial charge in [0.05, 0.1) is 5.01 Å². The summed E-state index contributed by atoms with van der Waals surface area (Å²) >= 11 is 1.74. The lowest BCUT2D eigenvalue weighted by Gasteiger charge is -2.26. The molecule has 0 aliphatic carbocycles. The maximum absolute atomic E-state index is 6.19. The lowest BCUT2D eigenvalue weighted by atomic mass is 9.94. The van der Waals surface area contributed by atoms with Crippen LogP contribution in [0.2, 0.25) is 0 Å². The van der Waals surface area contributed by atoms with Gasteiger partial charge in [-0.25, -0.2) is 4.98 Å². The van der Waals surface area contributed by atoms with E-state index in [0.717, 1.165) is 30.9 Å². The van der Waals surface area contributed by atoms with E-state index in [4.69, 9.17) is 5.73 Å². The van der Waals surface area contributed by atoms with Crippen LogP contribution in [0.4, 0.5) is 0 Å². The quantitative estimate of drug-likeness (QED) is 0.782. The van der Waals surface area contributed by atoms with Gasteiger partial charge in [0.15, 0.2) is 0 Å². The van der Waals surface area contributed by atoms with Crippen LogP contribution in [0.25, 0.3) is 0 Å². The SMILES string of the molecule is CCC(N)(CC)CNCc1cnc(C)s1. The van der Waals surface area contributed by atoms with Crippen molar-refractivity contribution in [3.8, 4) is 0 Å². The molecule has 1 heterocycles. The second kappa shape index (κ2) is 5.58. The van der Waals surface area contributed by atoms with Gasteiger partial charge in [-0.1, -0.05) is 13.8 Å². The molecule has 0 radical (unpaired) electrons. The summed E-state index contributed by atoms with van der Waals surface area (Å²) in [6, 6.07) is 0. The van der Waals surface area contributed by atoms with Crippen LogP contribution in [0, 0.1) is 6.92 Å². The van der Waals surface area contributed by atoms with Gasteiger partial charge < -0.3 is 11.1 Å². The molecule has 0 amide bonds. The zero-order chi connectivity index (χ0) is 11.3. The van der Waals surface area contributed by atoms with Crippen LogP contribution in [0.5, 0.6) is 0 Å². The second-order valence-corrected chi connectivity index (χ2v) is 5.34. The van der Waals surface area contributed by atoms with Crippen molar-refractivity contribution in [2.75, 3.05) is 6.54 Å². The van der Waals surface area contributed by atoms with Crippen molar-refractivity contribution >= 4 is 11.3 Å². The fraction of sp³-hybridized carbons (Fsp3) is 0.727. The van der Waals surface area contributed by atoms with Gasteiger partial charge in [0.25, 0.3) is 0 Å². The van der Waals surface area contributed by atoms with Crippen LogP contribution in [0.15, 0.2) is 6.20 Å². The van der Waals surface area contributed by atoms with Crippen molar-refractivity contribution in [2.45, 2.75) is 45.7 Å².